The minimum Gasteiger partial charge on any atom is -0.303 e. The van der Waals surface area contributed by atoms with Crippen molar-refractivity contribution in [2.24, 2.45) is 0 Å². The zero-order valence-electron chi connectivity index (χ0n) is 14.0. The molecule has 0 radical (unpaired) electrons. The summed E-state index contributed by atoms with van der Waals surface area (Å²) in [5.41, 5.74) is 1.49. The Morgan fingerprint density at radius 3 is 1.86 bits per heavy atom. The zero-order valence-corrected chi connectivity index (χ0v) is 14.8. The summed E-state index contributed by atoms with van der Waals surface area (Å²) in [5, 5.41) is 0. The first-order valence-electron chi connectivity index (χ1n) is 8.63. The lowest BCUT2D eigenvalue weighted by Crippen LogP contribution is -2.27. The average molecular weight is 312 g/mol. The Morgan fingerprint density at radius 2 is 1.29 bits per heavy atom. The van der Waals surface area contributed by atoms with Gasteiger partial charge in [-0.05, 0) is 57.3 Å². The van der Waals surface area contributed by atoms with Gasteiger partial charge in [0.1, 0.15) is 0 Å². The molecule has 0 spiro atoms. The van der Waals surface area contributed by atoms with Crippen LogP contribution in [-0.2, 0) is 6.42 Å². The number of rotatable bonds is 12. The molecule has 2 heteroatoms. The number of halogens is 1. The van der Waals surface area contributed by atoms with Crippen molar-refractivity contribution in [3.05, 3.63) is 35.9 Å². The third-order valence-electron chi connectivity index (χ3n) is 3.94. The van der Waals surface area contributed by atoms with Crippen molar-refractivity contribution in [3.63, 3.8) is 0 Å². The highest BCUT2D eigenvalue weighted by molar-refractivity contribution is 5.85. The lowest BCUT2D eigenvalue weighted by molar-refractivity contribution is 0.259. The summed E-state index contributed by atoms with van der Waals surface area (Å²) in [7, 11) is 0. The fourth-order valence-corrected chi connectivity index (χ4v) is 2.58. The normalized spacial score (nSPS) is 10.6. The van der Waals surface area contributed by atoms with E-state index in [-0.39, 0.29) is 12.4 Å². The fourth-order valence-electron chi connectivity index (χ4n) is 2.58. The Balaban J connectivity index is 0.00000400. The second kappa shape index (κ2) is 14.4. The van der Waals surface area contributed by atoms with Crippen molar-refractivity contribution in [2.75, 3.05) is 19.6 Å². The van der Waals surface area contributed by atoms with Crippen molar-refractivity contribution < 1.29 is 0 Å². The van der Waals surface area contributed by atoms with E-state index in [1.54, 1.807) is 0 Å². The Bertz CT molecular complexity index is 305. The lowest BCUT2D eigenvalue weighted by atomic mass is 10.1. The van der Waals surface area contributed by atoms with Crippen LogP contribution in [0.3, 0.4) is 0 Å². The van der Waals surface area contributed by atoms with Crippen molar-refractivity contribution in [1.82, 2.24) is 4.90 Å². The number of hydrogen-bond acceptors (Lipinski definition) is 1. The molecule has 1 aromatic rings. The molecule has 0 aliphatic carbocycles. The molecule has 0 aromatic heterocycles. The van der Waals surface area contributed by atoms with E-state index in [2.05, 4.69) is 49.1 Å². The second-order valence-corrected chi connectivity index (χ2v) is 5.85. The van der Waals surface area contributed by atoms with Crippen LogP contribution in [0.25, 0.3) is 0 Å². The lowest BCUT2D eigenvalue weighted by Gasteiger charge is -2.21. The molecule has 0 heterocycles. The van der Waals surface area contributed by atoms with E-state index >= 15 is 0 Å². The van der Waals surface area contributed by atoms with Crippen LogP contribution in [0.1, 0.15) is 64.4 Å². The molecule has 122 valence electrons. The highest BCUT2D eigenvalue weighted by atomic mass is 35.5. The highest BCUT2D eigenvalue weighted by Gasteiger charge is 2.03. The molecule has 1 aromatic carbocycles. The smallest absolute Gasteiger partial charge is 0.00187 e. The van der Waals surface area contributed by atoms with E-state index in [9.17, 15) is 0 Å². The third-order valence-corrected chi connectivity index (χ3v) is 3.94. The minimum atomic E-state index is 0. The monoisotopic (exact) mass is 311 g/mol. The topological polar surface area (TPSA) is 3.24 Å². The van der Waals surface area contributed by atoms with Crippen molar-refractivity contribution >= 4 is 12.4 Å². The Morgan fingerprint density at radius 1 is 0.714 bits per heavy atom. The molecule has 0 amide bonds. The predicted molar refractivity (Wildman–Crippen MR) is 97.5 cm³/mol. The minimum absolute atomic E-state index is 0. The molecule has 1 nitrogen and oxygen atoms in total. The molecule has 0 unspecified atom stereocenters. The van der Waals surface area contributed by atoms with Gasteiger partial charge in [-0.2, -0.15) is 0 Å². The van der Waals surface area contributed by atoms with Gasteiger partial charge >= 0.3 is 0 Å². The maximum atomic E-state index is 2.68. The van der Waals surface area contributed by atoms with E-state index < -0.39 is 0 Å². The molecule has 21 heavy (non-hydrogen) atoms. The van der Waals surface area contributed by atoms with E-state index in [0.29, 0.717) is 0 Å². The van der Waals surface area contributed by atoms with Crippen LogP contribution >= 0.6 is 12.4 Å². The molecular formula is C19H34ClN. The van der Waals surface area contributed by atoms with Gasteiger partial charge in [-0.1, -0.05) is 63.4 Å². The molecular weight excluding hydrogens is 278 g/mol. The molecule has 0 fully saturated rings. The summed E-state index contributed by atoms with van der Waals surface area (Å²) in [5.74, 6) is 0. The van der Waals surface area contributed by atoms with E-state index in [4.69, 9.17) is 0 Å². The van der Waals surface area contributed by atoms with Crippen LogP contribution in [0.4, 0.5) is 0 Å². The molecule has 0 aliphatic heterocycles. The fraction of sp³-hybridized carbons (Fsp3) is 0.684. The summed E-state index contributed by atoms with van der Waals surface area (Å²) >= 11 is 0. The largest absolute Gasteiger partial charge is 0.303 e. The Kier molecular flexibility index (Phi) is 14.0. The molecule has 0 aliphatic rings. The first-order chi connectivity index (χ1) is 9.86. The number of aryl methyl sites for hydroxylation is 1. The van der Waals surface area contributed by atoms with Crippen LogP contribution in [-0.4, -0.2) is 24.5 Å². The maximum absolute atomic E-state index is 2.68. The SMILES string of the molecule is CCCCN(CCCC)CCCCCc1ccccc1.Cl. The number of benzene rings is 1. The quantitative estimate of drug-likeness (QED) is 0.446. The molecule has 0 saturated carbocycles. The average Bonchev–Trinajstić information content (AvgIpc) is 2.50. The summed E-state index contributed by atoms with van der Waals surface area (Å²) in [4.78, 5) is 2.68. The molecule has 0 saturated heterocycles. The van der Waals surface area contributed by atoms with Gasteiger partial charge in [-0.3, -0.25) is 0 Å². The Labute approximate surface area is 138 Å². The zero-order chi connectivity index (χ0) is 14.5. The summed E-state index contributed by atoms with van der Waals surface area (Å²) < 4.78 is 0. The van der Waals surface area contributed by atoms with E-state index in [1.807, 2.05) is 0 Å². The van der Waals surface area contributed by atoms with Crippen molar-refractivity contribution in [1.29, 1.82) is 0 Å². The predicted octanol–water partition coefficient (Wildman–Crippen LogP) is 5.72. The van der Waals surface area contributed by atoms with Gasteiger partial charge in [-0.25, -0.2) is 0 Å². The van der Waals surface area contributed by atoms with E-state index in [0.717, 1.165) is 0 Å². The molecule has 0 bridgehead atoms. The van der Waals surface area contributed by atoms with E-state index in [1.165, 1.54) is 76.6 Å². The van der Waals surface area contributed by atoms with Gasteiger partial charge in [0.2, 0.25) is 0 Å². The van der Waals surface area contributed by atoms with Crippen LogP contribution < -0.4 is 0 Å². The number of unbranched alkanes of at least 4 members (excludes halogenated alkanes) is 4. The second-order valence-electron chi connectivity index (χ2n) is 5.85. The van der Waals surface area contributed by atoms with Crippen molar-refractivity contribution in [3.8, 4) is 0 Å². The van der Waals surface area contributed by atoms with Gasteiger partial charge in [0, 0.05) is 0 Å². The van der Waals surface area contributed by atoms with Gasteiger partial charge in [0.05, 0.1) is 0 Å². The Hall–Kier alpha value is -0.530. The molecule has 1 rings (SSSR count). The summed E-state index contributed by atoms with van der Waals surface area (Å²) in [6, 6.07) is 10.9. The van der Waals surface area contributed by atoms with Crippen molar-refractivity contribution in [2.45, 2.75) is 65.2 Å². The third kappa shape index (κ3) is 10.8. The van der Waals surface area contributed by atoms with Crippen LogP contribution in [0, 0.1) is 0 Å². The van der Waals surface area contributed by atoms with Crippen LogP contribution in [0.15, 0.2) is 30.3 Å². The first-order valence-corrected chi connectivity index (χ1v) is 8.63. The highest BCUT2D eigenvalue weighted by Crippen LogP contribution is 2.08. The van der Waals surface area contributed by atoms with Crippen LogP contribution in [0.2, 0.25) is 0 Å². The molecule has 0 N–H and O–H groups in total. The number of nitrogens with zero attached hydrogens (tertiary/aromatic N) is 1. The van der Waals surface area contributed by atoms with Crippen LogP contribution in [0.5, 0.6) is 0 Å². The first kappa shape index (κ1) is 20.5. The summed E-state index contributed by atoms with van der Waals surface area (Å²) in [6.45, 7) is 8.48. The van der Waals surface area contributed by atoms with Gasteiger partial charge in [-0.15, -0.1) is 12.4 Å². The number of hydrogen-bond donors (Lipinski definition) is 0. The van der Waals surface area contributed by atoms with Gasteiger partial charge in [0.25, 0.3) is 0 Å². The van der Waals surface area contributed by atoms with Gasteiger partial charge in [0.15, 0.2) is 0 Å². The van der Waals surface area contributed by atoms with Gasteiger partial charge < -0.3 is 4.90 Å². The summed E-state index contributed by atoms with van der Waals surface area (Å²) in [6.07, 6.45) is 10.6. The maximum Gasteiger partial charge on any atom is -0.00187 e. The molecule has 0 atom stereocenters. The standard InChI is InChI=1S/C19H33N.ClH/c1-3-5-16-20(17-6-4-2)18-12-8-11-15-19-13-9-7-10-14-19;/h7,9-10,13-14H,3-6,8,11-12,15-18H2,1-2H3;1H.